The fourth-order valence-corrected chi connectivity index (χ4v) is 3.16. The highest BCUT2D eigenvalue weighted by Crippen LogP contribution is 2.20. The van der Waals surface area contributed by atoms with Crippen LogP contribution in [0.1, 0.15) is 25.5 Å². The second-order valence-corrected chi connectivity index (χ2v) is 6.73. The Balaban J connectivity index is 1.85. The topological polar surface area (TPSA) is 73.2 Å². The lowest BCUT2D eigenvalue weighted by molar-refractivity contribution is -0.122. The first-order valence-electron chi connectivity index (χ1n) is 8.82. The molecule has 1 amide bonds. The number of aromatic nitrogens is 2. The minimum absolute atomic E-state index is 0.0589. The van der Waals surface area contributed by atoms with E-state index in [-0.39, 0.29) is 24.1 Å². The third-order valence-electron chi connectivity index (χ3n) is 4.36. The van der Waals surface area contributed by atoms with E-state index in [0.29, 0.717) is 35.1 Å². The Bertz CT molecular complexity index is 844. The predicted molar refractivity (Wildman–Crippen MR) is 100 cm³/mol. The Labute approximate surface area is 157 Å². The van der Waals surface area contributed by atoms with Crippen LogP contribution in [-0.2, 0) is 22.5 Å². The van der Waals surface area contributed by atoms with E-state index in [4.69, 9.17) is 16.3 Å². The molecule has 26 heavy (non-hydrogen) atoms. The Morgan fingerprint density at radius 1 is 1.42 bits per heavy atom. The molecule has 1 N–H and O–H groups in total. The number of ether oxygens (including phenoxy) is 1. The fourth-order valence-electron chi connectivity index (χ4n) is 2.97. The number of hydrogen-bond acceptors (Lipinski definition) is 4. The van der Waals surface area contributed by atoms with Crippen LogP contribution in [0.2, 0.25) is 5.02 Å². The second-order valence-electron chi connectivity index (χ2n) is 6.30. The molecule has 1 aliphatic heterocycles. The molecule has 6 nitrogen and oxygen atoms in total. The number of nitrogens with one attached hydrogen (secondary N) is 1. The van der Waals surface area contributed by atoms with Gasteiger partial charge in [-0.3, -0.25) is 14.2 Å². The van der Waals surface area contributed by atoms with Crippen LogP contribution >= 0.6 is 11.6 Å². The summed E-state index contributed by atoms with van der Waals surface area (Å²) in [6, 6.07) is 8.59. The fraction of sp³-hybridized carbons (Fsp3) is 0.421. The number of carbonyl (C=O) groups is 1. The molecule has 1 aliphatic rings. The van der Waals surface area contributed by atoms with Crippen LogP contribution in [-0.4, -0.2) is 34.7 Å². The minimum Gasteiger partial charge on any atom is -0.376 e. The lowest BCUT2D eigenvalue weighted by Gasteiger charge is -2.15. The number of hydrogen-bond donors (Lipinski definition) is 1. The van der Waals surface area contributed by atoms with Crippen LogP contribution < -0.4 is 10.9 Å². The highest BCUT2D eigenvalue weighted by Gasteiger charge is 2.18. The molecular formula is C19H22ClN3O3. The third-order valence-corrected chi connectivity index (χ3v) is 4.59. The number of carbonyl (C=O) groups excluding carboxylic acids is 1. The summed E-state index contributed by atoms with van der Waals surface area (Å²) in [4.78, 5) is 29.5. The lowest BCUT2D eigenvalue weighted by Crippen LogP contribution is -2.37. The van der Waals surface area contributed by atoms with Gasteiger partial charge in [-0.2, -0.15) is 0 Å². The van der Waals surface area contributed by atoms with E-state index >= 15 is 0 Å². The Morgan fingerprint density at radius 3 is 2.96 bits per heavy atom. The Morgan fingerprint density at radius 2 is 2.27 bits per heavy atom. The van der Waals surface area contributed by atoms with Crippen molar-refractivity contribution in [2.45, 2.75) is 38.8 Å². The summed E-state index contributed by atoms with van der Waals surface area (Å²) in [6.45, 7) is 3.04. The average Bonchev–Trinajstić information content (AvgIpc) is 3.15. The molecule has 0 spiro atoms. The zero-order chi connectivity index (χ0) is 18.5. The summed E-state index contributed by atoms with van der Waals surface area (Å²) in [7, 11) is 0. The van der Waals surface area contributed by atoms with Crippen molar-refractivity contribution in [3.05, 3.63) is 51.4 Å². The third kappa shape index (κ3) is 4.51. The molecule has 1 unspecified atom stereocenters. The molecule has 138 valence electrons. The zero-order valence-corrected chi connectivity index (χ0v) is 15.5. The van der Waals surface area contributed by atoms with Crippen LogP contribution in [0.5, 0.6) is 0 Å². The lowest BCUT2D eigenvalue weighted by atomic mass is 10.2. The van der Waals surface area contributed by atoms with E-state index < -0.39 is 0 Å². The standard InChI is InChI=1S/C19H22ClN3O3/c1-2-15-10-18(25)23(12-17(24)21-11-16-7-4-8-26-16)19(22-15)13-5-3-6-14(20)9-13/h3,5-6,9-10,16H,2,4,7-8,11-12H2,1H3,(H,21,24). The normalized spacial score (nSPS) is 16.6. The summed E-state index contributed by atoms with van der Waals surface area (Å²) < 4.78 is 6.89. The van der Waals surface area contributed by atoms with Gasteiger partial charge >= 0.3 is 0 Å². The van der Waals surface area contributed by atoms with Crippen molar-refractivity contribution in [2.75, 3.05) is 13.2 Å². The van der Waals surface area contributed by atoms with E-state index in [1.165, 1.54) is 10.6 Å². The molecule has 1 atom stereocenters. The van der Waals surface area contributed by atoms with E-state index in [9.17, 15) is 9.59 Å². The van der Waals surface area contributed by atoms with Gasteiger partial charge in [-0.25, -0.2) is 4.98 Å². The van der Waals surface area contributed by atoms with Crippen LogP contribution in [0, 0.1) is 0 Å². The number of nitrogens with zero attached hydrogens (tertiary/aromatic N) is 2. The summed E-state index contributed by atoms with van der Waals surface area (Å²) in [5, 5.41) is 3.39. The van der Waals surface area contributed by atoms with Crippen LogP contribution in [0.4, 0.5) is 0 Å². The quantitative estimate of drug-likeness (QED) is 0.841. The summed E-state index contributed by atoms with van der Waals surface area (Å²) in [5.74, 6) is 0.209. The first-order chi connectivity index (χ1) is 12.6. The highest BCUT2D eigenvalue weighted by molar-refractivity contribution is 6.30. The first kappa shape index (κ1) is 18.6. The van der Waals surface area contributed by atoms with Crippen molar-refractivity contribution in [3.8, 4) is 11.4 Å². The molecule has 1 saturated heterocycles. The molecule has 0 saturated carbocycles. The van der Waals surface area contributed by atoms with Crippen molar-refractivity contribution >= 4 is 17.5 Å². The van der Waals surface area contributed by atoms with Gasteiger partial charge in [0.05, 0.1) is 6.10 Å². The van der Waals surface area contributed by atoms with Gasteiger partial charge in [-0.1, -0.05) is 30.7 Å². The summed E-state index contributed by atoms with van der Waals surface area (Å²) >= 11 is 6.08. The van der Waals surface area contributed by atoms with Gasteiger partial charge in [0.2, 0.25) is 5.91 Å². The van der Waals surface area contributed by atoms with Gasteiger partial charge in [-0.15, -0.1) is 0 Å². The SMILES string of the molecule is CCc1cc(=O)n(CC(=O)NCC2CCCO2)c(-c2cccc(Cl)c2)n1. The molecule has 7 heteroatoms. The number of rotatable bonds is 6. The van der Waals surface area contributed by atoms with Crippen LogP contribution in [0.15, 0.2) is 35.1 Å². The molecule has 2 heterocycles. The van der Waals surface area contributed by atoms with Gasteiger partial charge in [0.25, 0.3) is 5.56 Å². The summed E-state index contributed by atoms with van der Waals surface area (Å²) in [6.07, 6.45) is 2.65. The van der Waals surface area contributed by atoms with E-state index in [2.05, 4.69) is 10.3 Å². The molecule has 0 aliphatic carbocycles. The average molecular weight is 376 g/mol. The maximum absolute atomic E-state index is 12.6. The molecular weight excluding hydrogens is 354 g/mol. The number of aryl methyl sites for hydroxylation is 1. The van der Waals surface area contributed by atoms with Crippen LogP contribution in [0.3, 0.4) is 0 Å². The van der Waals surface area contributed by atoms with Crippen molar-refractivity contribution < 1.29 is 9.53 Å². The monoisotopic (exact) mass is 375 g/mol. The number of amides is 1. The summed E-state index contributed by atoms with van der Waals surface area (Å²) in [5.41, 5.74) is 1.14. The van der Waals surface area contributed by atoms with Crippen molar-refractivity contribution in [2.24, 2.45) is 0 Å². The zero-order valence-electron chi connectivity index (χ0n) is 14.7. The van der Waals surface area contributed by atoms with E-state index in [1.807, 2.05) is 13.0 Å². The number of benzene rings is 1. The molecule has 3 rings (SSSR count). The van der Waals surface area contributed by atoms with Crippen molar-refractivity contribution in [1.29, 1.82) is 0 Å². The maximum atomic E-state index is 12.6. The highest BCUT2D eigenvalue weighted by atomic mass is 35.5. The minimum atomic E-state index is -0.251. The Kier molecular flexibility index (Phi) is 6.06. The number of halogens is 1. The molecule has 2 aromatic rings. The molecule has 0 radical (unpaired) electrons. The van der Waals surface area contributed by atoms with Crippen molar-refractivity contribution in [1.82, 2.24) is 14.9 Å². The van der Waals surface area contributed by atoms with Gasteiger partial charge < -0.3 is 10.1 Å². The van der Waals surface area contributed by atoms with E-state index in [1.54, 1.807) is 18.2 Å². The van der Waals surface area contributed by atoms with Gasteiger partial charge in [0.1, 0.15) is 12.4 Å². The molecule has 0 bridgehead atoms. The predicted octanol–water partition coefficient (Wildman–Crippen LogP) is 2.42. The van der Waals surface area contributed by atoms with Gasteiger partial charge in [0.15, 0.2) is 0 Å². The Hall–Kier alpha value is -2.18. The van der Waals surface area contributed by atoms with Gasteiger partial charge in [0, 0.05) is 35.5 Å². The smallest absolute Gasteiger partial charge is 0.254 e. The van der Waals surface area contributed by atoms with Gasteiger partial charge in [-0.05, 0) is 31.4 Å². The second kappa shape index (κ2) is 8.47. The largest absolute Gasteiger partial charge is 0.376 e. The maximum Gasteiger partial charge on any atom is 0.254 e. The molecule has 1 aromatic carbocycles. The van der Waals surface area contributed by atoms with Crippen LogP contribution in [0.25, 0.3) is 11.4 Å². The first-order valence-corrected chi connectivity index (χ1v) is 9.19. The van der Waals surface area contributed by atoms with E-state index in [0.717, 1.165) is 19.4 Å². The molecule has 1 fully saturated rings. The van der Waals surface area contributed by atoms with Crippen molar-refractivity contribution in [3.63, 3.8) is 0 Å². The molecule has 1 aromatic heterocycles.